The van der Waals surface area contributed by atoms with Crippen LogP contribution in [0.15, 0.2) is 35.4 Å². The lowest BCUT2D eigenvalue weighted by molar-refractivity contribution is -0.309. The lowest BCUT2D eigenvalue weighted by atomic mass is 9.82. The van der Waals surface area contributed by atoms with E-state index in [1.54, 1.807) is 0 Å². The van der Waals surface area contributed by atoms with Crippen LogP contribution in [0.3, 0.4) is 0 Å². The van der Waals surface area contributed by atoms with E-state index in [1.807, 2.05) is 37.3 Å². The number of azide groups is 1. The van der Waals surface area contributed by atoms with E-state index < -0.39 is 0 Å². The molecule has 1 aliphatic heterocycles. The second-order valence-electron chi connectivity index (χ2n) is 7.66. The van der Waals surface area contributed by atoms with Gasteiger partial charge in [-0.25, -0.2) is 0 Å². The summed E-state index contributed by atoms with van der Waals surface area (Å²) >= 11 is 0. The van der Waals surface area contributed by atoms with Crippen molar-refractivity contribution < 1.29 is 4.84 Å². The molecule has 1 heterocycles. The van der Waals surface area contributed by atoms with Crippen LogP contribution in [0.1, 0.15) is 65.5 Å². The van der Waals surface area contributed by atoms with Gasteiger partial charge in [-0.2, -0.15) is 5.06 Å². The monoisotopic (exact) mass is 316 g/mol. The van der Waals surface area contributed by atoms with Crippen LogP contribution in [-0.4, -0.2) is 22.2 Å². The molecule has 0 bridgehead atoms. The largest absolute Gasteiger partial charge is 0.289 e. The van der Waals surface area contributed by atoms with Crippen molar-refractivity contribution in [1.29, 1.82) is 0 Å². The average Bonchev–Trinajstić information content (AvgIpc) is 2.47. The Bertz CT molecular complexity index is 548. The molecule has 2 unspecified atom stereocenters. The van der Waals surface area contributed by atoms with Gasteiger partial charge in [0.2, 0.25) is 0 Å². The topological polar surface area (TPSA) is 61.2 Å². The molecule has 0 aromatic heterocycles. The Labute approximate surface area is 139 Å². The number of benzene rings is 1. The highest BCUT2D eigenvalue weighted by molar-refractivity contribution is 5.19. The van der Waals surface area contributed by atoms with E-state index in [4.69, 9.17) is 10.4 Å². The third-order valence-corrected chi connectivity index (χ3v) is 4.70. The molecular formula is C18H28N4O. The molecule has 1 aromatic rings. The van der Waals surface area contributed by atoms with Gasteiger partial charge in [-0.1, -0.05) is 42.4 Å². The van der Waals surface area contributed by atoms with Gasteiger partial charge < -0.3 is 0 Å². The van der Waals surface area contributed by atoms with E-state index in [0.29, 0.717) is 0 Å². The summed E-state index contributed by atoms with van der Waals surface area (Å²) in [6.45, 7) is 10.8. The first kappa shape index (κ1) is 17.8. The van der Waals surface area contributed by atoms with Gasteiger partial charge in [0.15, 0.2) is 0 Å². The van der Waals surface area contributed by atoms with Crippen molar-refractivity contribution in [2.45, 2.75) is 77.1 Å². The molecule has 23 heavy (non-hydrogen) atoms. The summed E-state index contributed by atoms with van der Waals surface area (Å²) in [6, 6.07) is 9.72. The molecule has 0 saturated carbocycles. The third-order valence-electron chi connectivity index (χ3n) is 4.70. The minimum Gasteiger partial charge on any atom is -0.289 e. The normalized spacial score (nSPS) is 22.8. The minimum absolute atomic E-state index is 0.0507. The molecule has 0 spiro atoms. The Kier molecular flexibility index (Phi) is 5.35. The molecular weight excluding hydrogens is 288 g/mol. The van der Waals surface area contributed by atoms with E-state index in [2.05, 4.69) is 42.8 Å². The van der Waals surface area contributed by atoms with E-state index in [0.717, 1.165) is 18.4 Å². The summed E-state index contributed by atoms with van der Waals surface area (Å²) in [7, 11) is 0. The summed E-state index contributed by atoms with van der Waals surface area (Å²) in [5, 5.41) is 6.02. The second-order valence-corrected chi connectivity index (χ2v) is 7.66. The smallest absolute Gasteiger partial charge is 0.112 e. The first-order valence-corrected chi connectivity index (χ1v) is 8.34. The van der Waals surface area contributed by atoms with Crippen LogP contribution in [0.5, 0.6) is 0 Å². The zero-order chi connectivity index (χ0) is 17.1. The van der Waals surface area contributed by atoms with Crippen LogP contribution in [-0.2, 0) is 4.84 Å². The molecule has 1 saturated heterocycles. The molecule has 0 aliphatic carbocycles. The van der Waals surface area contributed by atoms with Gasteiger partial charge in [-0.3, -0.25) is 4.84 Å². The van der Waals surface area contributed by atoms with Crippen molar-refractivity contribution in [3.05, 3.63) is 46.3 Å². The molecule has 1 aliphatic rings. The maximum atomic E-state index is 8.83. The van der Waals surface area contributed by atoms with Gasteiger partial charge >= 0.3 is 0 Å². The van der Waals surface area contributed by atoms with Crippen molar-refractivity contribution >= 4 is 0 Å². The molecule has 0 radical (unpaired) electrons. The lowest BCUT2D eigenvalue weighted by Crippen LogP contribution is -2.58. The average molecular weight is 316 g/mol. The van der Waals surface area contributed by atoms with Gasteiger partial charge in [-0.05, 0) is 58.1 Å². The van der Waals surface area contributed by atoms with Gasteiger partial charge in [0.05, 0.1) is 6.04 Å². The number of rotatable bonds is 5. The Hall–Kier alpha value is -1.55. The van der Waals surface area contributed by atoms with Crippen molar-refractivity contribution in [2.24, 2.45) is 5.11 Å². The fourth-order valence-corrected chi connectivity index (χ4v) is 3.59. The maximum Gasteiger partial charge on any atom is 0.112 e. The van der Waals surface area contributed by atoms with Crippen LogP contribution >= 0.6 is 0 Å². The Morgan fingerprint density at radius 3 is 2.22 bits per heavy atom. The summed E-state index contributed by atoms with van der Waals surface area (Å²) in [4.78, 5) is 9.47. The Morgan fingerprint density at radius 1 is 1.13 bits per heavy atom. The van der Waals surface area contributed by atoms with Crippen molar-refractivity contribution in [1.82, 2.24) is 5.06 Å². The first-order chi connectivity index (χ1) is 10.8. The van der Waals surface area contributed by atoms with Crippen molar-refractivity contribution in [3.8, 4) is 0 Å². The predicted octanol–water partition coefficient (Wildman–Crippen LogP) is 5.40. The van der Waals surface area contributed by atoms with Crippen LogP contribution in [0, 0.1) is 0 Å². The zero-order valence-electron chi connectivity index (χ0n) is 14.9. The van der Waals surface area contributed by atoms with E-state index in [9.17, 15) is 0 Å². The minimum atomic E-state index is -0.288. The summed E-state index contributed by atoms with van der Waals surface area (Å²) in [6.07, 6.45) is 3.09. The highest BCUT2D eigenvalue weighted by Gasteiger charge is 2.44. The second kappa shape index (κ2) is 6.91. The fraction of sp³-hybridized carbons (Fsp3) is 0.667. The number of nitrogens with zero attached hydrogens (tertiary/aromatic N) is 4. The highest BCUT2D eigenvalue weighted by Crippen LogP contribution is 2.41. The van der Waals surface area contributed by atoms with Crippen molar-refractivity contribution in [2.75, 3.05) is 0 Å². The molecule has 126 valence electrons. The fourth-order valence-electron chi connectivity index (χ4n) is 3.59. The quantitative estimate of drug-likeness (QED) is 0.415. The molecule has 1 fully saturated rings. The van der Waals surface area contributed by atoms with Gasteiger partial charge in [-0.15, -0.1) is 0 Å². The Morgan fingerprint density at radius 2 is 1.70 bits per heavy atom. The van der Waals surface area contributed by atoms with Gasteiger partial charge in [0.25, 0.3) is 0 Å². The lowest BCUT2D eigenvalue weighted by Gasteiger charge is -2.52. The maximum absolute atomic E-state index is 8.83. The molecule has 1 aromatic carbocycles. The van der Waals surface area contributed by atoms with Crippen LogP contribution in [0.2, 0.25) is 0 Å². The molecule has 0 amide bonds. The molecule has 5 heteroatoms. The van der Waals surface area contributed by atoms with Crippen LogP contribution in [0.25, 0.3) is 10.4 Å². The van der Waals surface area contributed by atoms with Crippen molar-refractivity contribution in [3.63, 3.8) is 0 Å². The third kappa shape index (κ3) is 4.05. The van der Waals surface area contributed by atoms with E-state index in [-0.39, 0.29) is 23.2 Å². The van der Waals surface area contributed by atoms with Crippen LogP contribution < -0.4 is 0 Å². The van der Waals surface area contributed by atoms with E-state index in [1.165, 1.54) is 6.42 Å². The summed E-state index contributed by atoms with van der Waals surface area (Å²) in [5.41, 5.74) is 9.76. The number of hydrogen-bond donors (Lipinski definition) is 0. The van der Waals surface area contributed by atoms with Gasteiger partial charge in [0.1, 0.15) is 6.10 Å². The molecule has 5 nitrogen and oxygen atoms in total. The first-order valence-electron chi connectivity index (χ1n) is 8.34. The molecule has 0 N–H and O–H groups in total. The summed E-state index contributed by atoms with van der Waals surface area (Å²) < 4.78 is 0. The number of piperidine rings is 1. The van der Waals surface area contributed by atoms with Crippen LogP contribution in [0.4, 0.5) is 0 Å². The summed E-state index contributed by atoms with van der Waals surface area (Å²) in [5.74, 6) is 0. The van der Waals surface area contributed by atoms with Gasteiger partial charge in [0, 0.05) is 16.0 Å². The zero-order valence-corrected chi connectivity index (χ0v) is 14.9. The SMILES string of the molecule is CC(N=[N+]=[N-])C(ON1C(C)(C)CCCC1(C)C)c1ccccc1. The Balaban J connectivity index is 2.34. The van der Waals surface area contributed by atoms with E-state index >= 15 is 0 Å². The predicted molar refractivity (Wildman–Crippen MR) is 92.7 cm³/mol. The standard InChI is InChI=1S/C18H28N4O/c1-14(20-21-19)16(15-10-7-6-8-11-15)23-22-17(2,3)12-9-13-18(22,4)5/h6-8,10-11,14,16H,9,12-13H2,1-5H3. The highest BCUT2D eigenvalue weighted by atomic mass is 16.7. The number of hydrogen-bond acceptors (Lipinski definition) is 3. The number of hydroxylamine groups is 2. The molecule has 2 atom stereocenters. The molecule has 2 rings (SSSR count).